The second-order valence-corrected chi connectivity index (χ2v) is 8.50. The molecule has 4 aromatic rings. The van der Waals surface area contributed by atoms with Crippen LogP contribution in [0.1, 0.15) is 30.4 Å². The highest BCUT2D eigenvalue weighted by atomic mass is 16.5. The van der Waals surface area contributed by atoms with Crippen LogP contribution in [0.4, 0.5) is 0 Å². The fourth-order valence-corrected chi connectivity index (χ4v) is 4.14. The number of unbranched alkanes of at least 4 members (excludes halogenated alkanes) is 2. The van der Waals surface area contributed by atoms with Crippen LogP contribution in [0.25, 0.3) is 21.5 Å². The first-order valence-electron chi connectivity index (χ1n) is 11.8. The van der Waals surface area contributed by atoms with Crippen molar-refractivity contribution >= 4 is 33.5 Å². The lowest BCUT2D eigenvalue weighted by molar-refractivity contribution is -0.129. The summed E-state index contributed by atoms with van der Waals surface area (Å²) in [6.45, 7) is 6.87. The number of fused-ring (bicyclic) bond motifs is 2. The molecule has 0 heterocycles. The van der Waals surface area contributed by atoms with Gasteiger partial charge < -0.3 is 9.47 Å². The maximum atomic E-state index is 11.5. The van der Waals surface area contributed by atoms with Crippen LogP contribution in [0, 0.1) is 0 Å². The van der Waals surface area contributed by atoms with Crippen LogP contribution in [0.2, 0.25) is 0 Å². The average molecular weight is 465 g/mol. The van der Waals surface area contributed by atoms with Crippen LogP contribution in [0.5, 0.6) is 11.5 Å². The zero-order valence-corrected chi connectivity index (χ0v) is 19.7. The Morgan fingerprint density at radius 1 is 0.571 bits per heavy atom. The molecule has 0 bridgehead atoms. The Balaban J connectivity index is 1.30. The van der Waals surface area contributed by atoms with E-state index in [9.17, 15) is 9.59 Å². The van der Waals surface area contributed by atoms with E-state index in [4.69, 9.17) is 9.47 Å². The average Bonchev–Trinajstić information content (AvgIpc) is 2.87. The summed E-state index contributed by atoms with van der Waals surface area (Å²) in [6.07, 6.45) is 7.67. The summed E-state index contributed by atoms with van der Waals surface area (Å²) in [5, 5.41) is 4.36. The second-order valence-electron chi connectivity index (χ2n) is 8.50. The Labute approximate surface area is 205 Å². The van der Waals surface area contributed by atoms with Crippen molar-refractivity contribution in [2.24, 2.45) is 0 Å². The monoisotopic (exact) mass is 464 g/mol. The Bertz CT molecular complexity index is 1290. The van der Waals surface area contributed by atoms with E-state index in [0.717, 1.165) is 65.8 Å². The Morgan fingerprint density at radius 2 is 1.00 bits per heavy atom. The molecule has 0 aliphatic carbocycles. The maximum Gasteiger partial charge on any atom is 0.335 e. The minimum Gasteiger partial charge on any atom is -0.423 e. The van der Waals surface area contributed by atoms with Gasteiger partial charge in [0.25, 0.3) is 0 Å². The van der Waals surface area contributed by atoms with Crippen molar-refractivity contribution in [3.05, 3.63) is 109 Å². The van der Waals surface area contributed by atoms with E-state index in [2.05, 4.69) is 49.6 Å². The van der Waals surface area contributed by atoms with Crippen LogP contribution in [-0.4, -0.2) is 11.9 Å². The predicted octanol–water partition coefficient (Wildman–Crippen LogP) is 7.13. The molecule has 0 amide bonds. The summed E-state index contributed by atoms with van der Waals surface area (Å²) in [5.74, 6) is 0.147. The third kappa shape index (κ3) is 6.45. The van der Waals surface area contributed by atoms with Crippen LogP contribution in [-0.2, 0) is 22.4 Å². The van der Waals surface area contributed by atoms with Crippen molar-refractivity contribution in [2.45, 2.75) is 32.1 Å². The van der Waals surface area contributed by atoms with Crippen molar-refractivity contribution in [2.75, 3.05) is 0 Å². The van der Waals surface area contributed by atoms with Crippen molar-refractivity contribution in [1.82, 2.24) is 0 Å². The molecule has 4 heteroatoms. The van der Waals surface area contributed by atoms with E-state index < -0.39 is 11.9 Å². The van der Waals surface area contributed by atoms with Crippen molar-refractivity contribution in [3.63, 3.8) is 0 Å². The number of hydrogen-bond acceptors (Lipinski definition) is 4. The quantitative estimate of drug-likeness (QED) is 0.108. The van der Waals surface area contributed by atoms with Gasteiger partial charge >= 0.3 is 11.9 Å². The van der Waals surface area contributed by atoms with Crippen LogP contribution < -0.4 is 9.47 Å². The molecule has 4 rings (SSSR count). The topological polar surface area (TPSA) is 52.6 Å². The Kier molecular flexibility index (Phi) is 7.74. The largest absolute Gasteiger partial charge is 0.423 e. The third-order valence-corrected chi connectivity index (χ3v) is 5.95. The zero-order chi connectivity index (χ0) is 24.6. The number of rotatable bonds is 10. The van der Waals surface area contributed by atoms with Gasteiger partial charge in [-0.25, -0.2) is 9.59 Å². The number of benzene rings is 4. The summed E-state index contributed by atoms with van der Waals surface area (Å²) in [6, 6.07) is 24.2. The number of hydrogen-bond donors (Lipinski definition) is 0. The molecular weight excluding hydrogens is 436 g/mol. The van der Waals surface area contributed by atoms with Crippen molar-refractivity contribution in [1.29, 1.82) is 0 Å². The van der Waals surface area contributed by atoms with E-state index in [1.165, 1.54) is 11.1 Å². The van der Waals surface area contributed by atoms with E-state index in [-0.39, 0.29) is 0 Å². The number of carbonyl (C=O) groups excluding carboxylic acids is 2. The lowest BCUT2D eigenvalue weighted by Gasteiger charge is -2.08. The van der Waals surface area contributed by atoms with Gasteiger partial charge in [-0.1, -0.05) is 68.1 Å². The standard InChI is InChI=1S/C31H28O4/c1-3-30(32)34-28-16-14-24-12-10-22(18-26(24)20-28)8-6-5-7-9-23-11-13-25-15-17-29(21-27(25)19-23)35-31(33)4-2/h3-4,10-21H,1-2,5-9H2. The first-order chi connectivity index (χ1) is 17.0. The normalized spacial score (nSPS) is 10.7. The molecule has 4 aromatic carbocycles. The van der Waals surface area contributed by atoms with Gasteiger partial charge in [0.1, 0.15) is 11.5 Å². The molecule has 0 atom stereocenters. The highest BCUT2D eigenvalue weighted by molar-refractivity contribution is 5.88. The molecule has 0 N–H and O–H groups in total. The summed E-state index contributed by atoms with van der Waals surface area (Å²) in [7, 11) is 0. The van der Waals surface area contributed by atoms with Gasteiger partial charge in [-0.3, -0.25) is 0 Å². The maximum absolute atomic E-state index is 11.5. The van der Waals surface area contributed by atoms with Gasteiger partial charge in [-0.2, -0.15) is 0 Å². The number of aryl methyl sites for hydroxylation is 2. The number of carbonyl (C=O) groups is 2. The molecular formula is C31H28O4. The summed E-state index contributed by atoms with van der Waals surface area (Å²) in [4.78, 5) is 22.9. The van der Waals surface area contributed by atoms with Gasteiger partial charge in [0, 0.05) is 12.2 Å². The molecule has 4 nitrogen and oxygen atoms in total. The molecule has 0 unspecified atom stereocenters. The summed E-state index contributed by atoms with van der Waals surface area (Å²) < 4.78 is 10.5. The Morgan fingerprint density at radius 3 is 1.43 bits per heavy atom. The van der Waals surface area contributed by atoms with Crippen molar-refractivity contribution < 1.29 is 19.1 Å². The predicted molar refractivity (Wildman–Crippen MR) is 141 cm³/mol. The highest BCUT2D eigenvalue weighted by Gasteiger charge is 2.05. The number of esters is 2. The van der Waals surface area contributed by atoms with E-state index >= 15 is 0 Å². The molecule has 0 saturated heterocycles. The Hall–Kier alpha value is -4.18. The molecule has 0 aliphatic rings. The van der Waals surface area contributed by atoms with Gasteiger partial charge in [-0.15, -0.1) is 0 Å². The van der Waals surface area contributed by atoms with Crippen LogP contribution in [0.3, 0.4) is 0 Å². The summed E-state index contributed by atoms with van der Waals surface area (Å²) in [5.41, 5.74) is 2.55. The first kappa shape index (κ1) is 24.0. The van der Waals surface area contributed by atoms with Crippen LogP contribution in [0.15, 0.2) is 98.1 Å². The first-order valence-corrected chi connectivity index (χ1v) is 11.8. The smallest absolute Gasteiger partial charge is 0.335 e. The van der Waals surface area contributed by atoms with E-state index in [1.54, 1.807) is 12.1 Å². The highest BCUT2D eigenvalue weighted by Crippen LogP contribution is 2.25. The minimum atomic E-state index is -0.455. The lowest BCUT2D eigenvalue weighted by Crippen LogP contribution is -2.02. The molecule has 35 heavy (non-hydrogen) atoms. The van der Waals surface area contributed by atoms with Gasteiger partial charge in [0.05, 0.1) is 0 Å². The van der Waals surface area contributed by atoms with Crippen molar-refractivity contribution in [3.8, 4) is 11.5 Å². The van der Waals surface area contributed by atoms with Crippen LogP contribution >= 0.6 is 0 Å². The number of ether oxygens (including phenoxy) is 2. The second kappa shape index (κ2) is 11.3. The fraction of sp³-hybridized carbons (Fsp3) is 0.161. The zero-order valence-electron chi connectivity index (χ0n) is 19.7. The van der Waals surface area contributed by atoms with Gasteiger partial charge in [0.15, 0.2) is 0 Å². The minimum absolute atomic E-state index is 0.455. The molecule has 0 radical (unpaired) electrons. The van der Waals surface area contributed by atoms with E-state index in [0.29, 0.717) is 11.5 Å². The molecule has 0 aliphatic heterocycles. The third-order valence-electron chi connectivity index (χ3n) is 5.95. The van der Waals surface area contributed by atoms with Gasteiger partial charge in [-0.05, 0) is 82.6 Å². The molecule has 176 valence electrons. The SMILES string of the molecule is C=CC(=O)Oc1ccc2ccc(CCCCCc3ccc4ccc(OC(=O)C=C)cc4c3)cc2c1. The van der Waals surface area contributed by atoms with Gasteiger partial charge in [0.2, 0.25) is 0 Å². The molecule has 0 aromatic heterocycles. The molecule has 0 saturated carbocycles. The molecule has 0 fully saturated rings. The summed E-state index contributed by atoms with van der Waals surface area (Å²) >= 11 is 0. The van der Waals surface area contributed by atoms with E-state index in [1.807, 2.05) is 24.3 Å². The molecule has 0 spiro atoms. The lowest BCUT2D eigenvalue weighted by atomic mass is 9.99. The fourth-order valence-electron chi connectivity index (χ4n) is 4.14.